The molecule has 2 aromatic rings. The van der Waals surface area contributed by atoms with Gasteiger partial charge in [0.15, 0.2) is 0 Å². The predicted molar refractivity (Wildman–Crippen MR) is 94.3 cm³/mol. The van der Waals surface area contributed by atoms with E-state index in [1.54, 1.807) is 0 Å². The summed E-state index contributed by atoms with van der Waals surface area (Å²) < 4.78 is 13.9. The molecule has 1 amide bonds. The normalized spacial score (nSPS) is 12.3. The first-order valence-electron chi connectivity index (χ1n) is 7.04. The third-order valence-corrected chi connectivity index (χ3v) is 4.55. The molecule has 122 valence electrons. The number of hydrogen-bond acceptors (Lipinski definition) is 2. The van der Waals surface area contributed by atoms with Crippen LogP contribution in [0, 0.1) is 5.82 Å². The molecule has 3 nitrogen and oxygen atoms in total. The van der Waals surface area contributed by atoms with Crippen LogP contribution in [0.25, 0.3) is 0 Å². The Hall–Kier alpha value is -1.43. The molecule has 1 N–H and O–H groups in total. The van der Waals surface area contributed by atoms with Crippen LogP contribution in [0.15, 0.2) is 46.9 Å². The Balaban J connectivity index is 2.15. The van der Waals surface area contributed by atoms with Crippen molar-refractivity contribution in [3.8, 4) is 0 Å². The van der Waals surface area contributed by atoms with Gasteiger partial charge in [0.2, 0.25) is 0 Å². The van der Waals surface area contributed by atoms with Crippen molar-refractivity contribution in [3.63, 3.8) is 0 Å². The number of rotatable bonds is 5. The van der Waals surface area contributed by atoms with Gasteiger partial charge in [-0.1, -0.05) is 29.8 Å². The highest BCUT2D eigenvalue weighted by atomic mass is 79.9. The molecule has 0 aliphatic carbocycles. The number of hydrogen-bond donors (Lipinski definition) is 1. The quantitative estimate of drug-likeness (QED) is 0.814. The summed E-state index contributed by atoms with van der Waals surface area (Å²) in [5, 5.41) is 3.48. The van der Waals surface area contributed by atoms with E-state index < -0.39 is 5.82 Å². The number of amides is 1. The molecule has 0 heterocycles. The Morgan fingerprint density at radius 2 is 2.00 bits per heavy atom. The molecule has 6 heteroatoms. The first kappa shape index (κ1) is 17.9. The second-order valence-electron chi connectivity index (χ2n) is 5.34. The minimum atomic E-state index is -0.450. The van der Waals surface area contributed by atoms with Gasteiger partial charge in [0.1, 0.15) is 5.82 Å². The lowest BCUT2D eigenvalue weighted by Crippen LogP contribution is -2.34. The van der Waals surface area contributed by atoms with Crippen molar-refractivity contribution in [2.75, 3.05) is 20.6 Å². The molecule has 0 aliphatic rings. The fourth-order valence-electron chi connectivity index (χ4n) is 2.27. The molecule has 0 radical (unpaired) electrons. The summed E-state index contributed by atoms with van der Waals surface area (Å²) in [6.45, 7) is 0.360. The fraction of sp³-hybridized carbons (Fsp3) is 0.235. The van der Waals surface area contributed by atoms with E-state index in [4.69, 9.17) is 11.6 Å². The van der Waals surface area contributed by atoms with Crippen molar-refractivity contribution in [2.24, 2.45) is 0 Å². The Morgan fingerprint density at radius 1 is 1.30 bits per heavy atom. The number of nitrogens with one attached hydrogen (secondary N) is 1. The summed E-state index contributed by atoms with van der Waals surface area (Å²) in [6.07, 6.45) is 0. The van der Waals surface area contributed by atoms with Crippen molar-refractivity contribution in [1.29, 1.82) is 0 Å². The van der Waals surface area contributed by atoms with E-state index in [9.17, 15) is 9.18 Å². The molecule has 0 saturated carbocycles. The van der Waals surface area contributed by atoms with E-state index in [-0.39, 0.29) is 17.5 Å². The summed E-state index contributed by atoms with van der Waals surface area (Å²) in [5.41, 5.74) is 1.19. The van der Waals surface area contributed by atoms with E-state index in [0.717, 1.165) is 5.56 Å². The smallest absolute Gasteiger partial charge is 0.252 e. The van der Waals surface area contributed by atoms with Crippen LogP contribution < -0.4 is 5.32 Å². The Morgan fingerprint density at radius 3 is 2.65 bits per heavy atom. The van der Waals surface area contributed by atoms with Crippen molar-refractivity contribution in [2.45, 2.75) is 6.04 Å². The number of carbonyl (C=O) groups is 1. The lowest BCUT2D eigenvalue weighted by atomic mass is 10.1. The maximum atomic E-state index is 13.3. The molecular weight excluding hydrogens is 383 g/mol. The molecule has 2 rings (SSSR count). The molecule has 0 spiro atoms. The highest BCUT2D eigenvalue weighted by Crippen LogP contribution is 2.25. The second kappa shape index (κ2) is 7.90. The molecule has 2 aromatic carbocycles. The highest BCUT2D eigenvalue weighted by Gasteiger charge is 2.19. The third-order valence-electron chi connectivity index (χ3n) is 3.52. The predicted octanol–water partition coefficient (Wildman–Crippen LogP) is 4.27. The monoisotopic (exact) mass is 398 g/mol. The zero-order chi connectivity index (χ0) is 17.0. The van der Waals surface area contributed by atoms with Gasteiger partial charge in [-0.3, -0.25) is 4.79 Å². The average Bonchev–Trinajstić information content (AvgIpc) is 2.51. The van der Waals surface area contributed by atoms with Gasteiger partial charge in [-0.05, 0) is 59.9 Å². The van der Waals surface area contributed by atoms with Crippen LogP contribution >= 0.6 is 27.5 Å². The van der Waals surface area contributed by atoms with Crippen LogP contribution in [0.3, 0.4) is 0 Å². The van der Waals surface area contributed by atoms with Gasteiger partial charge < -0.3 is 10.2 Å². The van der Waals surface area contributed by atoms with Crippen molar-refractivity contribution < 1.29 is 9.18 Å². The van der Waals surface area contributed by atoms with Crippen LogP contribution in [0.4, 0.5) is 4.39 Å². The molecular formula is C17H17BrClFN2O. The van der Waals surface area contributed by atoms with Crippen LogP contribution in [0.5, 0.6) is 0 Å². The largest absolute Gasteiger partial charge is 0.350 e. The van der Waals surface area contributed by atoms with Crippen LogP contribution in [0.1, 0.15) is 22.0 Å². The molecule has 1 unspecified atom stereocenters. The second-order valence-corrected chi connectivity index (χ2v) is 6.60. The van der Waals surface area contributed by atoms with Crippen molar-refractivity contribution >= 4 is 33.4 Å². The van der Waals surface area contributed by atoms with Gasteiger partial charge in [0.05, 0.1) is 11.6 Å². The molecule has 0 fully saturated rings. The minimum absolute atomic E-state index is 0.0833. The van der Waals surface area contributed by atoms with Gasteiger partial charge in [0.25, 0.3) is 5.91 Å². The fourth-order valence-corrected chi connectivity index (χ4v) is 2.96. The summed E-state index contributed by atoms with van der Waals surface area (Å²) in [6, 6.07) is 11.5. The summed E-state index contributed by atoms with van der Waals surface area (Å²) in [4.78, 5) is 14.3. The standard InChI is InChI=1S/C17H17BrClFN2O/c1-22(2)16(12-5-3-4-6-15(12)19)10-21-17(23)13-9-11(20)7-8-14(13)18/h3-9,16H,10H2,1-2H3,(H,21,23). The Bertz CT molecular complexity index is 709. The van der Waals surface area contributed by atoms with E-state index in [0.29, 0.717) is 16.0 Å². The van der Waals surface area contributed by atoms with E-state index in [1.807, 2.05) is 43.3 Å². The summed E-state index contributed by atoms with van der Waals surface area (Å²) in [5.74, 6) is -0.788. The zero-order valence-electron chi connectivity index (χ0n) is 12.8. The maximum absolute atomic E-state index is 13.3. The van der Waals surface area contributed by atoms with E-state index in [1.165, 1.54) is 18.2 Å². The van der Waals surface area contributed by atoms with E-state index >= 15 is 0 Å². The summed E-state index contributed by atoms with van der Waals surface area (Å²) in [7, 11) is 3.83. The van der Waals surface area contributed by atoms with Crippen molar-refractivity contribution in [3.05, 3.63) is 68.9 Å². The van der Waals surface area contributed by atoms with Gasteiger partial charge in [-0.15, -0.1) is 0 Å². The molecule has 23 heavy (non-hydrogen) atoms. The van der Waals surface area contributed by atoms with Crippen LogP contribution in [0.2, 0.25) is 5.02 Å². The Kier molecular flexibility index (Phi) is 6.16. The Labute approximate surface area is 148 Å². The number of benzene rings is 2. The van der Waals surface area contributed by atoms with Gasteiger partial charge >= 0.3 is 0 Å². The zero-order valence-corrected chi connectivity index (χ0v) is 15.2. The summed E-state index contributed by atoms with van der Waals surface area (Å²) >= 11 is 9.51. The lowest BCUT2D eigenvalue weighted by molar-refractivity contribution is 0.0940. The minimum Gasteiger partial charge on any atom is -0.350 e. The molecule has 1 atom stereocenters. The van der Waals surface area contributed by atoms with E-state index in [2.05, 4.69) is 21.2 Å². The number of carbonyl (C=O) groups excluding carboxylic acids is 1. The van der Waals surface area contributed by atoms with Crippen molar-refractivity contribution in [1.82, 2.24) is 10.2 Å². The average molecular weight is 400 g/mol. The van der Waals surface area contributed by atoms with Crippen LogP contribution in [-0.2, 0) is 0 Å². The first-order chi connectivity index (χ1) is 10.9. The highest BCUT2D eigenvalue weighted by molar-refractivity contribution is 9.10. The molecule has 0 aromatic heterocycles. The SMILES string of the molecule is CN(C)C(CNC(=O)c1cc(F)ccc1Br)c1ccccc1Cl. The van der Waals surface area contributed by atoms with Gasteiger partial charge in [0, 0.05) is 16.0 Å². The molecule has 0 aliphatic heterocycles. The number of halogens is 3. The molecule has 0 saturated heterocycles. The van der Waals surface area contributed by atoms with Gasteiger partial charge in [-0.2, -0.15) is 0 Å². The lowest BCUT2D eigenvalue weighted by Gasteiger charge is -2.26. The number of nitrogens with zero attached hydrogens (tertiary/aromatic N) is 1. The maximum Gasteiger partial charge on any atom is 0.252 e. The van der Waals surface area contributed by atoms with Crippen LogP contribution in [-0.4, -0.2) is 31.4 Å². The molecule has 0 bridgehead atoms. The van der Waals surface area contributed by atoms with Gasteiger partial charge in [-0.25, -0.2) is 4.39 Å². The topological polar surface area (TPSA) is 32.3 Å². The number of likely N-dealkylation sites (N-methyl/N-ethyl adjacent to an activating group) is 1. The first-order valence-corrected chi connectivity index (χ1v) is 8.21. The third kappa shape index (κ3) is 4.53.